The van der Waals surface area contributed by atoms with Gasteiger partial charge in [-0.15, -0.1) is 0 Å². The van der Waals surface area contributed by atoms with E-state index in [9.17, 15) is 4.79 Å². The Morgan fingerprint density at radius 2 is 1.82 bits per heavy atom. The summed E-state index contributed by atoms with van der Waals surface area (Å²) in [7, 11) is 0. The van der Waals surface area contributed by atoms with Crippen molar-refractivity contribution in [3.8, 4) is 11.1 Å². The molecule has 1 aliphatic heterocycles. The van der Waals surface area contributed by atoms with Crippen LogP contribution in [0, 0.1) is 11.6 Å². The van der Waals surface area contributed by atoms with Crippen LogP contribution in [0.4, 0.5) is 25.0 Å². The maximum absolute atomic E-state index is 16.0. The third-order valence-corrected chi connectivity index (χ3v) is 6.44. The molecule has 5 nitrogen and oxygen atoms in total. The Labute approximate surface area is 196 Å². The second-order valence-electron chi connectivity index (χ2n) is 9.21. The van der Waals surface area contributed by atoms with Crippen molar-refractivity contribution in [1.29, 1.82) is 0 Å². The van der Waals surface area contributed by atoms with Crippen LogP contribution in [0.25, 0.3) is 22.0 Å². The monoisotopic (exact) mass is 461 g/mol. The fraction of sp³-hybridized carbons (Fsp3) is 0.222. The minimum absolute atomic E-state index is 0.104. The highest BCUT2D eigenvalue weighted by Gasteiger charge is 2.45. The molecule has 1 amide bonds. The van der Waals surface area contributed by atoms with Gasteiger partial charge in [0.1, 0.15) is 17.7 Å². The van der Waals surface area contributed by atoms with Gasteiger partial charge in [-0.05, 0) is 43.5 Å². The molecule has 0 radical (unpaired) electrons. The van der Waals surface area contributed by atoms with Crippen LogP contribution in [-0.4, -0.2) is 22.7 Å². The zero-order valence-corrected chi connectivity index (χ0v) is 19.1. The molecule has 3 aromatic carbocycles. The van der Waals surface area contributed by atoms with E-state index in [-0.39, 0.29) is 11.1 Å². The quantitative estimate of drug-likeness (QED) is 0.307. The van der Waals surface area contributed by atoms with Gasteiger partial charge in [0.05, 0.1) is 16.6 Å². The molecule has 7 heteroatoms. The lowest BCUT2D eigenvalue weighted by Gasteiger charge is -2.44. The van der Waals surface area contributed by atoms with E-state index in [0.717, 1.165) is 5.39 Å². The second kappa shape index (κ2) is 8.17. The largest absolute Gasteiger partial charge is 0.443 e. The summed E-state index contributed by atoms with van der Waals surface area (Å²) < 4.78 is 37.1. The number of amides is 1. The molecule has 1 aliphatic rings. The van der Waals surface area contributed by atoms with Gasteiger partial charge in [0.25, 0.3) is 0 Å². The van der Waals surface area contributed by atoms with E-state index in [2.05, 4.69) is 15.6 Å². The van der Waals surface area contributed by atoms with Crippen LogP contribution in [0.1, 0.15) is 32.3 Å². The molecule has 0 saturated heterocycles. The molecular formula is C27H25F2N3O2. The molecule has 0 fully saturated rings. The van der Waals surface area contributed by atoms with Gasteiger partial charge in [-0.3, -0.25) is 5.32 Å². The summed E-state index contributed by atoms with van der Waals surface area (Å²) >= 11 is 0. The average Bonchev–Trinajstić information content (AvgIpc) is 3.26. The number of rotatable bonds is 3. The van der Waals surface area contributed by atoms with Gasteiger partial charge in [-0.25, -0.2) is 13.6 Å². The normalized spacial score (nSPS) is 18.7. The molecule has 5 rings (SSSR count). The Balaban J connectivity index is 1.54. The van der Waals surface area contributed by atoms with Gasteiger partial charge in [-0.1, -0.05) is 43.3 Å². The Morgan fingerprint density at radius 3 is 2.59 bits per heavy atom. The number of carbonyl (C=O) groups excluding carboxylic acids is 1. The van der Waals surface area contributed by atoms with Crippen LogP contribution in [-0.2, 0) is 4.74 Å². The summed E-state index contributed by atoms with van der Waals surface area (Å²) in [6.07, 6.45) is 0.391. The smallest absolute Gasteiger partial charge is 0.411 e. The maximum atomic E-state index is 16.0. The van der Waals surface area contributed by atoms with Gasteiger partial charge in [0, 0.05) is 34.6 Å². The van der Waals surface area contributed by atoms with Crippen molar-refractivity contribution in [2.45, 2.75) is 38.3 Å². The van der Waals surface area contributed by atoms with Crippen LogP contribution < -0.4 is 10.6 Å². The second-order valence-corrected chi connectivity index (χ2v) is 9.21. The van der Waals surface area contributed by atoms with Crippen LogP contribution in [0.15, 0.2) is 66.9 Å². The molecule has 34 heavy (non-hydrogen) atoms. The molecule has 1 aromatic heterocycles. The van der Waals surface area contributed by atoms with Crippen molar-refractivity contribution in [1.82, 2.24) is 4.98 Å². The van der Waals surface area contributed by atoms with Crippen molar-refractivity contribution < 1.29 is 18.3 Å². The molecule has 2 heterocycles. The Morgan fingerprint density at radius 1 is 1.06 bits per heavy atom. The number of benzene rings is 3. The summed E-state index contributed by atoms with van der Waals surface area (Å²) in [6.45, 7) is 5.48. The highest BCUT2D eigenvalue weighted by Crippen LogP contribution is 2.46. The predicted molar refractivity (Wildman–Crippen MR) is 130 cm³/mol. The number of hydrogen-bond acceptors (Lipinski definition) is 3. The van der Waals surface area contributed by atoms with E-state index in [1.54, 1.807) is 49.5 Å². The van der Waals surface area contributed by atoms with Crippen molar-refractivity contribution in [2.75, 3.05) is 10.6 Å². The van der Waals surface area contributed by atoms with Crippen LogP contribution in [0.2, 0.25) is 0 Å². The minimum Gasteiger partial charge on any atom is -0.443 e. The van der Waals surface area contributed by atoms with E-state index in [4.69, 9.17) is 4.74 Å². The third-order valence-electron chi connectivity index (χ3n) is 6.44. The highest BCUT2D eigenvalue weighted by molar-refractivity contribution is 5.95. The van der Waals surface area contributed by atoms with E-state index in [1.807, 2.05) is 32.0 Å². The summed E-state index contributed by atoms with van der Waals surface area (Å²) in [4.78, 5) is 15.7. The number of aromatic amines is 1. The van der Waals surface area contributed by atoms with Crippen molar-refractivity contribution in [3.63, 3.8) is 0 Å². The molecule has 0 saturated carbocycles. The lowest BCUT2D eigenvalue weighted by Crippen LogP contribution is -2.52. The fourth-order valence-corrected chi connectivity index (χ4v) is 4.95. The van der Waals surface area contributed by atoms with Crippen molar-refractivity contribution in [2.24, 2.45) is 0 Å². The zero-order valence-electron chi connectivity index (χ0n) is 19.1. The van der Waals surface area contributed by atoms with Gasteiger partial charge in [0.2, 0.25) is 0 Å². The lowest BCUT2D eigenvalue weighted by atomic mass is 9.77. The number of hydrogen-bond donors (Lipinski definition) is 3. The van der Waals surface area contributed by atoms with Gasteiger partial charge in [-0.2, -0.15) is 0 Å². The molecular weight excluding hydrogens is 436 g/mol. The van der Waals surface area contributed by atoms with Crippen LogP contribution in [0.5, 0.6) is 0 Å². The number of fused-ring (bicyclic) bond motifs is 2. The number of anilines is 2. The summed E-state index contributed by atoms with van der Waals surface area (Å²) in [6, 6.07) is 17.5. The minimum atomic E-state index is -0.764. The predicted octanol–water partition coefficient (Wildman–Crippen LogP) is 7.04. The first-order valence-electron chi connectivity index (χ1n) is 11.2. The number of para-hydroxylation sites is 2. The number of H-pyrrole nitrogens is 1. The van der Waals surface area contributed by atoms with Crippen molar-refractivity contribution in [3.05, 3.63) is 84.1 Å². The first kappa shape index (κ1) is 21.9. The molecule has 0 aliphatic carbocycles. The van der Waals surface area contributed by atoms with E-state index < -0.39 is 35.3 Å². The zero-order chi connectivity index (χ0) is 24.0. The molecule has 0 spiro atoms. The SMILES string of the molecule is C[C@@H]1c2c(cc(F)c(-c3cccc4cc[nH]c34)c2F)NC(C)(C)[C@H]1OC(=O)Nc1ccccc1. The molecule has 0 unspecified atom stereocenters. The van der Waals surface area contributed by atoms with Crippen LogP contribution in [0.3, 0.4) is 0 Å². The fourth-order valence-electron chi connectivity index (χ4n) is 4.95. The van der Waals surface area contributed by atoms with Crippen LogP contribution >= 0.6 is 0 Å². The number of carbonyl (C=O) groups is 1. The number of nitrogens with one attached hydrogen (secondary N) is 3. The third kappa shape index (κ3) is 3.67. The first-order chi connectivity index (χ1) is 16.3. The van der Waals surface area contributed by atoms with Crippen molar-refractivity contribution >= 4 is 28.4 Å². The summed E-state index contributed by atoms with van der Waals surface area (Å²) in [5.41, 5.74) is 1.48. The Kier molecular flexibility index (Phi) is 5.27. The first-order valence-corrected chi connectivity index (χ1v) is 11.2. The van der Waals surface area contributed by atoms with E-state index in [0.29, 0.717) is 22.5 Å². The Bertz CT molecular complexity index is 1380. The molecule has 174 valence electrons. The average molecular weight is 462 g/mol. The molecule has 2 atom stereocenters. The highest BCUT2D eigenvalue weighted by atomic mass is 19.1. The van der Waals surface area contributed by atoms with E-state index >= 15 is 8.78 Å². The lowest BCUT2D eigenvalue weighted by molar-refractivity contribution is 0.0561. The number of ether oxygens (including phenoxy) is 1. The van der Waals surface area contributed by atoms with Gasteiger partial charge in [0.15, 0.2) is 0 Å². The summed E-state index contributed by atoms with van der Waals surface area (Å²) in [5, 5.41) is 6.75. The molecule has 3 N–H and O–H groups in total. The van der Waals surface area contributed by atoms with Gasteiger partial charge < -0.3 is 15.0 Å². The molecule has 4 aromatic rings. The Hall–Kier alpha value is -3.87. The van der Waals surface area contributed by atoms with E-state index in [1.165, 1.54) is 6.07 Å². The van der Waals surface area contributed by atoms with Gasteiger partial charge >= 0.3 is 6.09 Å². The molecule has 0 bridgehead atoms. The summed E-state index contributed by atoms with van der Waals surface area (Å²) in [5.74, 6) is -1.85. The standard InChI is InChI=1S/C27H25F2N3O2/c1-15-21-20(32-27(2,3)25(15)34-26(33)31-17-9-5-4-6-10-17)14-19(28)22(23(21)29)18-11-7-8-16-12-13-30-24(16)18/h4-15,25,30,32H,1-3H3,(H,31,33)/t15-,25+/m1/s1. The number of aromatic nitrogens is 1. The number of halogens is 2. The maximum Gasteiger partial charge on any atom is 0.411 e. The topological polar surface area (TPSA) is 66.1 Å².